The molecule has 0 radical (unpaired) electrons. The number of rotatable bonds is 5. The van der Waals surface area contributed by atoms with Gasteiger partial charge in [-0.25, -0.2) is 0 Å². The zero-order valence-electron chi connectivity index (χ0n) is 15.0. The molecule has 0 amide bonds. The molecule has 24 heavy (non-hydrogen) atoms. The minimum Gasteiger partial charge on any atom is -0.381 e. The van der Waals surface area contributed by atoms with Crippen LogP contribution in [0.4, 0.5) is 0 Å². The Hall–Kier alpha value is -0.910. The van der Waals surface area contributed by atoms with Gasteiger partial charge in [-0.05, 0) is 63.5 Å². The minimum absolute atomic E-state index is 0.535. The second kappa shape index (κ2) is 7.54. The van der Waals surface area contributed by atoms with Crippen molar-refractivity contribution in [3.8, 4) is 0 Å². The van der Waals surface area contributed by atoms with E-state index < -0.39 is 0 Å². The summed E-state index contributed by atoms with van der Waals surface area (Å²) < 4.78 is 7.70. The number of piperidine rings is 1. The van der Waals surface area contributed by atoms with E-state index in [1.54, 1.807) is 0 Å². The Labute approximate surface area is 145 Å². The first kappa shape index (κ1) is 16.6. The van der Waals surface area contributed by atoms with E-state index in [0.29, 0.717) is 18.0 Å². The van der Waals surface area contributed by atoms with Gasteiger partial charge in [0.15, 0.2) is 0 Å². The first-order chi connectivity index (χ1) is 11.8. The van der Waals surface area contributed by atoms with Crippen LogP contribution in [0, 0.1) is 5.92 Å². The van der Waals surface area contributed by atoms with Crippen molar-refractivity contribution in [1.29, 1.82) is 0 Å². The van der Waals surface area contributed by atoms with Crippen LogP contribution in [-0.4, -0.2) is 53.1 Å². The maximum atomic E-state index is 5.61. The fourth-order valence-electron chi connectivity index (χ4n) is 4.64. The zero-order valence-corrected chi connectivity index (χ0v) is 15.0. The molecule has 0 spiro atoms. The van der Waals surface area contributed by atoms with Gasteiger partial charge in [0.05, 0.1) is 11.7 Å². The fraction of sp³-hybridized carbons (Fsp3) is 0.842. The smallest absolute Gasteiger partial charge is 0.0560 e. The highest BCUT2D eigenvalue weighted by Crippen LogP contribution is 2.42. The van der Waals surface area contributed by atoms with Crippen LogP contribution in [0.3, 0.4) is 0 Å². The van der Waals surface area contributed by atoms with E-state index in [2.05, 4.69) is 33.1 Å². The molecule has 1 unspecified atom stereocenters. The number of aryl methyl sites for hydroxylation is 1. The van der Waals surface area contributed by atoms with Crippen molar-refractivity contribution in [1.82, 2.24) is 20.0 Å². The van der Waals surface area contributed by atoms with Crippen LogP contribution in [0.1, 0.15) is 56.7 Å². The molecule has 2 aliphatic heterocycles. The van der Waals surface area contributed by atoms with Gasteiger partial charge >= 0.3 is 0 Å². The molecule has 1 aliphatic carbocycles. The average Bonchev–Trinajstić information content (AvgIpc) is 3.39. The Kier molecular flexibility index (Phi) is 5.20. The molecule has 3 atom stereocenters. The first-order valence-corrected chi connectivity index (χ1v) is 9.87. The Morgan fingerprint density at radius 3 is 2.88 bits per heavy atom. The van der Waals surface area contributed by atoms with E-state index in [1.807, 2.05) is 6.20 Å². The second-order valence-corrected chi connectivity index (χ2v) is 7.84. The highest BCUT2D eigenvalue weighted by Gasteiger charge is 2.41. The molecule has 1 aromatic rings. The predicted molar refractivity (Wildman–Crippen MR) is 94.9 cm³/mol. The molecule has 134 valence electrons. The van der Waals surface area contributed by atoms with Crippen molar-refractivity contribution in [3.05, 3.63) is 18.0 Å². The molecule has 3 heterocycles. The maximum absolute atomic E-state index is 5.61. The standard InChI is InChI=1S/C19H32N4O/c1-22-18(8-10-21-22)19-15(4-2-11-23(19)17-6-7-17)14-20-16-5-3-12-24-13-9-16/h8,10,15-17,19-20H,2-7,9,11-14H2,1H3/t15-,16?,19+/m0/s1. The van der Waals surface area contributed by atoms with Gasteiger partial charge in [-0.3, -0.25) is 9.58 Å². The zero-order chi connectivity index (χ0) is 16.4. The molecule has 3 aliphatic rings. The van der Waals surface area contributed by atoms with Crippen molar-refractivity contribution in [2.24, 2.45) is 13.0 Å². The summed E-state index contributed by atoms with van der Waals surface area (Å²) in [6.07, 6.45) is 11.0. The number of hydrogen-bond acceptors (Lipinski definition) is 4. The third-order valence-electron chi connectivity index (χ3n) is 6.09. The second-order valence-electron chi connectivity index (χ2n) is 7.84. The summed E-state index contributed by atoms with van der Waals surface area (Å²) in [4.78, 5) is 2.78. The number of aromatic nitrogens is 2. The summed E-state index contributed by atoms with van der Waals surface area (Å²) in [6, 6.07) is 4.22. The van der Waals surface area contributed by atoms with Gasteiger partial charge in [-0.15, -0.1) is 0 Å². The number of nitrogens with zero attached hydrogens (tertiary/aromatic N) is 3. The lowest BCUT2D eigenvalue weighted by atomic mass is 9.86. The highest BCUT2D eigenvalue weighted by atomic mass is 16.5. The molecule has 1 aromatic heterocycles. The third-order valence-corrected chi connectivity index (χ3v) is 6.09. The van der Waals surface area contributed by atoms with Crippen molar-refractivity contribution in [2.45, 2.75) is 63.1 Å². The van der Waals surface area contributed by atoms with Crippen LogP contribution < -0.4 is 5.32 Å². The summed E-state index contributed by atoms with van der Waals surface area (Å²) in [5, 5.41) is 8.34. The van der Waals surface area contributed by atoms with Gasteiger partial charge in [-0.1, -0.05) is 0 Å². The summed E-state index contributed by atoms with van der Waals surface area (Å²) in [6.45, 7) is 4.24. The topological polar surface area (TPSA) is 42.3 Å². The molecule has 5 heteroatoms. The van der Waals surface area contributed by atoms with Crippen LogP contribution in [0.15, 0.2) is 12.3 Å². The molecule has 0 bridgehead atoms. The summed E-state index contributed by atoms with van der Waals surface area (Å²) in [7, 11) is 2.10. The maximum Gasteiger partial charge on any atom is 0.0560 e. The third kappa shape index (κ3) is 3.68. The monoisotopic (exact) mass is 332 g/mol. The lowest BCUT2D eigenvalue weighted by Crippen LogP contribution is -2.45. The van der Waals surface area contributed by atoms with Crippen molar-refractivity contribution in [2.75, 3.05) is 26.3 Å². The van der Waals surface area contributed by atoms with Gasteiger partial charge < -0.3 is 10.1 Å². The minimum atomic E-state index is 0.535. The van der Waals surface area contributed by atoms with E-state index >= 15 is 0 Å². The van der Waals surface area contributed by atoms with E-state index in [-0.39, 0.29) is 0 Å². The van der Waals surface area contributed by atoms with Crippen LogP contribution in [-0.2, 0) is 11.8 Å². The van der Waals surface area contributed by atoms with Crippen LogP contribution >= 0.6 is 0 Å². The van der Waals surface area contributed by atoms with Gasteiger partial charge in [0.1, 0.15) is 0 Å². The SMILES string of the molecule is Cn1nccc1[C@H]1[C@H](CNC2CCCOCC2)CCCN1C1CC1. The van der Waals surface area contributed by atoms with E-state index in [9.17, 15) is 0 Å². The average molecular weight is 332 g/mol. The lowest BCUT2D eigenvalue weighted by Gasteiger charge is -2.42. The van der Waals surface area contributed by atoms with Gasteiger partial charge in [-0.2, -0.15) is 5.10 Å². The fourth-order valence-corrected chi connectivity index (χ4v) is 4.64. The van der Waals surface area contributed by atoms with Gasteiger partial charge in [0.25, 0.3) is 0 Å². The Bertz CT molecular complexity index is 519. The summed E-state index contributed by atoms with van der Waals surface area (Å²) in [5.74, 6) is 0.693. The largest absolute Gasteiger partial charge is 0.381 e. The lowest BCUT2D eigenvalue weighted by molar-refractivity contribution is 0.0757. The quantitative estimate of drug-likeness (QED) is 0.900. The number of likely N-dealkylation sites (tertiary alicyclic amines) is 1. The number of hydrogen-bond donors (Lipinski definition) is 1. The van der Waals surface area contributed by atoms with Crippen LogP contribution in [0.2, 0.25) is 0 Å². The molecule has 1 N–H and O–H groups in total. The molecule has 2 saturated heterocycles. The summed E-state index contributed by atoms with van der Waals surface area (Å²) >= 11 is 0. The van der Waals surface area contributed by atoms with E-state index in [4.69, 9.17) is 4.74 Å². The highest BCUT2D eigenvalue weighted by molar-refractivity contribution is 5.12. The van der Waals surface area contributed by atoms with Crippen molar-refractivity contribution in [3.63, 3.8) is 0 Å². The predicted octanol–water partition coefficient (Wildman–Crippen LogP) is 2.49. The Morgan fingerprint density at radius 2 is 2.08 bits per heavy atom. The first-order valence-electron chi connectivity index (χ1n) is 9.87. The van der Waals surface area contributed by atoms with Gasteiger partial charge in [0, 0.05) is 45.1 Å². The van der Waals surface area contributed by atoms with Gasteiger partial charge in [0.2, 0.25) is 0 Å². The molecule has 3 fully saturated rings. The Balaban J connectivity index is 1.45. The van der Waals surface area contributed by atoms with Crippen molar-refractivity contribution >= 4 is 0 Å². The normalized spacial score (nSPS) is 32.6. The molecule has 1 saturated carbocycles. The molecule has 5 nitrogen and oxygen atoms in total. The van der Waals surface area contributed by atoms with Crippen LogP contribution in [0.25, 0.3) is 0 Å². The Morgan fingerprint density at radius 1 is 1.17 bits per heavy atom. The van der Waals surface area contributed by atoms with E-state index in [1.165, 1.54) is 50.8 Å². The molecular weight excluding hydrogens is 300 g/mol. The van der Waals surface area contributed by atoms with Crippen LogP contribution in [0.5, 0.6) is 0 Å². The number of nitrogens with one attached hydrogen (secondary N) is 1. The molecule has 4 rings (SSSR count). The molecular formula is C19H32N4O. The van der Waals surface area contributed by atoms with E-state index in [0.717, 1.165) is 32.2 Å². The van der Waals surface area contributed by atoms with Crippen molar-refractivity contribution < 1.29 is 4.74 Å². The number of ether oxygens (including phenoxy) is 1. The summed E-state index contributed by atoms with van der Waals surface area (Å²) in [5.41, 5.74) is 1.40. The molecule has 0 aromatic carbocycles.